The Bertz CT molecular complexity index is 300. The third-order valence-electron chi connectivity index (χ3n) is 4.79. The molecular formula is C14H24F3NO. The van der Waals surface area contributed by atoms with Crippen LogP contribution in [0.5, 0.6) is 0 Å². The van der Waals surface area contributed by atoms with E-state index < -0.39 is 12.3 Å². The summed E-state index contributed by atoms with van der Waals surface area (Å²) in [6.45, 7) is 4.16. The topological polar surface area (TPSA) is 21.3 Å². The van der Waals surface area contributed by atoms with Gasteiger partial charge < -0.3 is 10.1 Å². The van der Waals surface area contributed by atoms with Gasteiger partial charge in [-0.2, -0.15) is 13.2 Å². The molecule has 2 fully saturated rings. The van der Waals surface area contributed by atoms with Crippen molar-refractivity contribution in [2.24, 2.45) is 5.41 Å². The van der Waals surface area contributed by atoms with E-state index >= 15 is 0 Å². The van der Waals surface area contributed by atoms with Gasteiger partial charge in [0.05, 0.1) is 6.10 Å². The Kier molecular flexibility index (Phi) is 4.45. The lowest BCUT2D eigenvalue weighted by Crippen LogP contribution is -2.63. The van der Waals surface area contributed by atoms with E-state index in [2.05, 4.69) is 12.2 Å². The van der Waals surface area contributed by atoms with Gasteiger partial charge in [0.15, 0.2) is 6.10 Å². The molecule has 2 aliphatic rings. The van der Waals surface area contributed by atoms with Crippen LogP contribution in [0.1, 0.15) is 52.4 Å². The lowest BCUT2D eigenvalue weighted by atomic mass is 9.60. The Balaban J connectivity index is 1.95. The van der Waals surface area contributed by atoms with E-state index in [-0.39, 0.29) is 11.5 Å². The first-order valence-corrected chi connectivity index (χ1v) is 7.35. The van der Waals surface area contributed by atoms with E-state index in [1.54, 1.807) is 0 Å². The summed E-state index contributed by atoms with van der Waals surface area (Å²) < 4.78 is 43.1. The van der Waals surface area contributed by atoms with Gasteiger partial charge in [0, 0.05) is 11.5 Å². The predicted octanol–water partition coefficient (Wildman–Crippen LogP) is 3.65. The molecule has 0 heterocycles. The molecule has 3 unspecified atom stereocenters. The minimum atomic E-state index is -4.25. The lowest BCUT2D eigenvalue weighted by molar-refractivity contribution is -0.259. The van der Waals surface area contributed by atoms with Crippen molar-refractivity contribution in [3.63, 3.8) is 0 Å². The molecule has 0 aliphatic heterocycles. The summed E-state index contributed by atoms with van der Waals surface area (Å²) in [7, 11) is 0. The molecular weight excluding hydrogens is 255 g/mol. The number of nitrogens with one attached hydrogen (secondary N) is 1. The van der Waals surface area contributed by atoms with Gasteiger partial charge in [0.1, 0.15) is 0 Å². The molecule has 3 atom stereocenters. The average molecular weight is 279 g/mol. The van der Waals surface area contributed by atoms with Gasteiger partial charge in [-0.05, 0) is 39.2 Å². The van der Waals surface area contributed by atoms with Gasteiger partial charge in [-0.25, -0.2) is 0 Å². The van der Waals surface area contributed by atoms with Gasteiger partial charge >= 0.3 is 6.18 Å². The average Bonchev–Trinajstić information content (AvgIpc) is 2.83. The molecule has 0 aromatic carbocycles. The fourth-order valence-electron chi connectivity index (χ4n) is 3.57. The Morgan fingerprint density at radius 2 is 1.95 bits per heavy atom. The number of rotatable bonds is 5. The number of hydrogen-bond donors (Lipinski definition) is 1. The summed E-state index contributed by atoms with van der Waals surface area (Å²) in [6.07, 6.45) is -0.107. The van der Waals surface area contributed by atoms with Gasteiger partial charge in [0.2, 0.25) is 0 Å². The quantitative estimate of drug-likeness (QED) is 0.829. The molecule has 0 aromatic rings. The summed E-state index contributed by atoms with van der Waals surface area (Å²) in [6, 6.07) is 0.348. The van der Waals surface area contributed by atoms with Crippen LogP contribution in [-0.4, -0.2) is 31.0 Å². The largest absolute Gasteiger partial charge is 0.414 e. The molecule has 0 bridgehead atoms. The molecule has 2 saturated carbocycles. The Morgan fingerprint density at radius 3 is 2.47 bits per heavy atom. The maximum Gasteiger partial charge on any atom is 0.414 e. The minimum absolute atomic E-state index is 0.0331. The molecule has 1 N–H and O–H groups in total. The maximum absolute atomic E-state index is 12.6. The Labute approximate surface area is 113 Å². The summed E-state index contributed by atoms with van der Waals surface area (Å²) >= 11 is 0. The van der Waals surface area contributed by atoms with Crippen LogP contribution < -0.4 is 5.32 Å². The van der Waals surface area contributed by atoms with Crippen LogP contribution in [0.3, 0.4) is 0 Å². The highest BCUT2D eigenvalue weighted by Crippen LogP contribution is 2.55. The molecule has 0 radical (unpaired) electrons. The molecule has 1 spiro atoms. The monoisotopic (exact) mass is 279 g/mol. The SMILES string of the molecule is CCCNC1CC(OC(C)C(F)(F)F)C12CCCC2. The zero-order valence-electron chi connectivity index (χ0n) is 11.7. The van der Waals surface area contributed by atoms with Crippen LogP contribution in [0.4, 0.5) is 13.2 Å². The number of hydrogen-bond acceptors (Lipinski definition) is 2. The molecule has 19 heavy (non-hydrogen) atoms. The third-order valence-corrected chi connectivity index (χ3v) is 4.79. The fourth-order valence-corrected chi connectivity index (χ4v) is 3.57. The standard InChI is InChI=1S/C14H24F3NO/c1-3-8-18-11-9-12(13(11)6-4-5-7-13)19-10(2)14(15,16)17/h10-12,18H,3-9H2,1-2H3. The van der Waals surface area contributed by atoms with E-state index in [1.165, 1.54) is 0 Å². The smallest absolute Gasteiger partial charge is 0.365 e. The maximum atomic E-state index is 12.6. The summed E-state index contributed by atoms with van der Waals surface area (Å²) in [4.78, 5) is 0. The molecule has 112 valence electrons. The molecule has 2 nitrogen and oxygen atoms in total. The zero-order valence-corrected chi connectivity index (χ0v) is 11.7. The molecule has 0 saturated heterocycles. The first-order valence-electron chi connectivity index (χ1n) is 7.35. The number of alkyl halides is 3. The first-order chi connectivity index (χ1) is 8.90. The predicted molar refractivity (Wildman–Crippen MR) is 68.0 cm³/mol. The zero-order chi connectivity index (χ0) is 14.1. The lowest BCUT2D eigenvalue weighted by Gasteiger charge is -2.55. The van der Waals surface area contributed by atoms with Gasteiger partial charge in [-0.1, -0.05) is 19.8 Å². The van der Waals surface area contributed by atoms with E-state index in [4.69, 9.17) is 4.74 Å². The summed E-state index contributed by atoms with van der Waals surface area (Å²) in [5.41, 5.74) is -0.0331. The van der Waals surface area contributed by atoms with E-state index in [1.807, 2.05) is 0 Å². The van der Waals surface area contributed by atoms with Gasteiger partial charge in [-0.15, -0.1) is 0 Å². The summed E-state index contributed by atoms with van der Waals surface area (Å²) in [5.74, 6) is 0. The van der Waals surface area contributed by atoms with Crippen molar-refractivity contribution in [2.45, 2.75) is 76.8 Å². The second-order valence-corrected chi connectivity index (χ2v) is 5.99. The fraction of sp³-hybridized carbons (Fsp3) is 1.00. The highest BCUT2D eigenvalue weighted by Gasteiger charge is 2.58. The summed E-state index contributed by atoms with van der Waals surface area (Å²) in [5, 5.41) is 3.48. The molecule has 5 heteroatoms. The van der Waals surface area contributed by atoms with Crippen molar-refractivity contribution in [1.82, 2.24) is 5.32 Å². The van der Waals surface area contributed by atoms with Crippen molar-refractivity contribution in [1.29, 1.82) is 0 Å². The van der Waals surface area contributed by atoms with Crippen molar-refractivity contribution in [2.75, 3.05) is 6.54 Å². The van der Waals surface area contributed by atoms with Crippen molar-refractivity contribution < 1.29 is 17.9 Å². The highest BCUT2D eigenvalue weighted by atomic mass is 19.4. The third kappa shape index (κ3) is 2.92. The molecule has 0 amide bonds. The van der Waals surface area contributed by atoms with Crippen molar-refractivity contribution in [3.05, 3.63) is 0 Å². The van der Waals surface area contributed by atoms with Gasteiger partial charge in [-0.3, -0.25) is 0 Å². The van der Waals surface area contributed by atoms with Crippen LogP contribution in [-0.2, 0) is 4.74 Å². The van der Waals surface area contributed by atoms with Crippen molar-refractivity contribution >= 4 is 0 Å². The highest BCUT2D eigenvalue weighted by molar-refractivity contribution is 5.10. The van der Waals surface area contributed by atoms with Crippen LogP contribution in [0.2, 0.25) is 0 Å². The Hall–Kier alpha value is -0.290. The number of halogens is 3. The second-order valence-electron chi connectivity index (χ2n) is 5.99. The Morgan fingerprint density at radius 1 is 1.32 bits per heavy atom. The minimum Gasteiger partial charge on any atom is -0.365 e. The van der Waals surface area contributed by atoms with Crippen LogP contribution in [0.25, 0.3) is 0 Å². The van der Waals surface area contributed by atoms with Gasteiger partial charge in [0.25, 0.3) is 0 Å². The van der Waals surface area contributed by atoms with E-state index in [0.717, 1.165) is 52.0 Å². The molecule has 2 aliphatic carbocycles. The second kappa shape index (κ2) is 5.60. The van der Waals surface area contributed by atoms with Crippen LogP contribution in [0, 0.1) is 5.41 Å². The normalized spacial score (nSPS) is 31.4. The van der Waals surface area contributed by atoms with E-state index in [0.29, 0.717) is 6.04 Å². The van der Waals surface area contributed by atoms with E-state index in [9.17, 15) is 13.2 Å². The number of ether oxygens (including phenoxy) is 1. The first kappa shape index (κ1) is 15.1. The molecule has 0 aromatic heterocycles. The van der Waals surface area contributed by atoms with Crippen LogP contribution >= 0.6 is 0 Å². The van der Waals surface area contributed by atoms with Crippen molar-refractivity contribution in [3.8, 4) is 0 Å². The molecule has 2 rings (SSSR count). The van der Waals surface area contributed by atoms with Crippen LogP contribution in [0.15, 0.2) is 0 Å².